The summed E-state index contributed by atoms with van der Waals surface area (Å²) in [4.78, 5) is 26.9. The molecule has 0 aromatic carbocycles. The molecule has 0 bridgehead atoms. The summed E-state index contributed by atoms with van der Waals surface area (Å²) >= 11 is 0. The van der Waals surface area contributed by atoms with Gasteiger partial charge < -0.3 is 27.0 Å². The Morgan fingerprint density at radius 2 is 1.55 bits per heavy atom. The van der Waals surface area contributed by atoms with Crippen LogP contribution in [0.5, 0.6) is 0 Å². The summed E-state index contributed by atoms with van der Waals surface area (Å²) in [6.07, 6.45) is 0. The topological polar surface area (TPSA) is 209 Å². The molecule has 9 nitrogen and oxygen atoms in total. The monoisotopic (exact) mass is 211 g/mol. The van der Waals surface area contributed by atoms with Crippen molar-refractivity contribution in [3.63, 3.8) is 0 Å². The van der Waals surface area contributed by atoms with Gasteiger partial charge >= 0.3 is 0 Å². The van der Waals surface area contributed by atoms with Crippen molar-refractivity contribution in [2.24, 2.45) is 5.50 Å². The normalized spacial score (nSPS) is 20.0. The predicted octanol–water partition coefficient (Wildman–Crippen LogP) is -1.36. The van der Waals surface area contributed by atoms with Crippen molar-refractivity contribution in [3.05, 3.63) is 0 Å². The fraction of sp³-hybridized carbons (Fsp3) is 0. The fourth-order valence-electron chi connectivity index (χ4n) is 0.144. The molecule has 0 aromatic heterocycles. The van der Waals surface area contributed by atoms with Crippen LogP contribution < -0.4 is 27.6 Å². The molecule has 0 amide bonds. The van der Waals surface area contributed by atoms with Gasteiger partial charge in [-0.15, -0.1) is 0 Å². The molecule has 0 spiro atoms. The highest BCUT2D eigenvalue weighted by Crippen LogP contribution is 2.46. The van der Waals surface area contributed by atoms with Gasteiger partial charge in [0.05, 0.1) is 0 Å². The van der Waals surface area contributed by atoms with Crippen molar-refractivity contribution in [1.82, 2.24) is 12.3 Å². The highest BCUT2D eigenvalue weighted by molar-refractivity contribution is 7.60. The van der Waals surface area contributed by atoms with Gasteiger partial charge in [0.15, 0.2) is 0 Å². The second-order valence-corrected chi connectivity index (χ2v) is 3.76. The summed E-state index contributed by atoms with van der Waals surface area (Å²) in [6, 6.07) is 0. The minimum absolute atomic E-state index is 0. The number of hydrogen-bond donors (Lipinski definition) is 4. The average molecular weight is 211 g/mol. The van der Waals surface area contributed by atoms with Crippen LogP contribution in [0.4, 0.5) is 0 Å². The van der Waals surface area contributed by atoms with E-state index in [-0.39, 0.29) is 12.3 Å². The lowest BCUT2D eigenvalue weighted by atomic mass is 13.9. The van der Waals surface area contributed by atoms with Crippen molar-refractivity contribution >= 4 is 15.6 Å². The molecule has 0 fully saturated rings. The minimum atomic E-state index is -5.24. The molecule has 11 N–H and O–H groups in total. The molecule has 2 atom stereocenters. The number of nitrogens with two attached hydrogens (primary N) is 1. The molecule has 11 heteroatoms. The van der Waals surface area contributed by atoms with E-state index >= 15 is 0 Å². The van der Waals surface area contributed by atoms with Crippen molar-refractivity contribution in [3.8, 4) is 0 Å². The number of hydrogen-bond acceptors (Lipinski definition) is 5. The molecule has 0 radical (unpaired) electrons. The first kappa shape index (κ1) is 17.3. The Labute approximate surface area is 62.6 Å². The number of phosphoric acid groups is 1. The van der Waals surface area contributed by atoms with Gasteiger partial charge in [0, 0.05) is 0 Å². The van der Waals surface area contributed by atoms with Crippen molar-refractivity contribution in [1.29, 1.82) is 0 Å². The van der Waals surface area contributed by atoms with Crippen LogP contribution in [0.2, 0.25) is 0 Å². The first-order valence-electron chi connectivity index (χ1n) is 1.55. The molecular weight excluding hydrogens is 200 g/mol. The van der Waals surface area contributed by atoms with Crippen LogP contribution in [0.25, 0.3) is 0 Å². The molecular formula is H11N3O6P2. The summed E-state index contributed by atoms with van der Waals surface area (Å²) in [7, 11) is -10.1. The third kappa shape index (κ3) is 17.8. The Hall–Kier alpha value is 0.180. The smallest absolute Gasteiger partial charge is 0.271 e. The van der Waals surface area contributed by atoms with E-state index in [0.717, 1.165) is 0 Å². The molecule has 72 valence electrons. The summed E-state index contributed by atoms with van der Waals surface area (Å²) in [6.45, 7) is 0. The zero-order valence-corrected chi connectivity index (χ0v) is 7.75. The van der Waals surface area contributed by atoms with Crippen molar-refractivity contribution in [2.45, 2.75) is 0 Å². The maximum Gasteiger partial charge on any atom is 0.271 e. The van der Waals surface area contributed by atoms with Crippen molar-refractivity contribution < 1.29 is 28.1 Å². The number of rotatable bonds is 2. The van der Waals surface area contributed by atoms with Crippen LogP contribution in [-0.4, -0.2) is 4.89 Å². The summed E-state index contributed by atoms with van der Waals surface area (Å²) < 4.78 is 22.2. The van der Waals surface area contributed by atoms with Gasteiger partial charge in [-0.2, -0.15) is 0 Å². The van der Waals surface area contributed by atoms with Crippen LogP contribution in [0.15, 0.2) is 0 Å². The van der Waals surface area contributed by atoms with Crippen LogP contribution in [0.1, 0.15) is 0 Å². The van der Waals surface area contributed by atoms with Gasteiger partial charge in [0.25, 0.3) is 7.82 Å². The third-order valence-electron chi connectivity index (χ3n) is 0.217. The highest BCUT2D eigenvalue weighted by Gasteiger charge is 2.08. The first-order valence-corrected chi connectivity index (χ1v) is 4.66. The van der Waals surface area contributed by atoms with Crippen LogP contribution in [-0.2, 0) is 13.4 Å². The Bertz CT molecular complexity index is 156. The van der Waals surface area contributed by atoms with E-state index in [1.54, 1.807) is 0 Å². The molecule has 0 saturated heterocycles. The molecule has 0 saturated carbocycles. The molecule has 0 rings (SSSR count). The van der Waals surface area contributed by atoms with E-state index in [1.165, 1.54) is 0 Å². The lowest BCUT2D eigenvalue weighted by molar-refractivity contribution is -0.227. The summed E-state index contributed by atoms with van der Waals surface area (Å²) in [5.41, 5.74) is 4.07. The standard InChI is InChI=1S/H5NO6P2.2H3N/c1-8(2,3)7-9(4,5)6;;/h(H3,1,2,3)(H2,4,5,6);2*1H3. The zero-order chi connectivity index (χ0) is 7.71. The van der Waals surface area contributed by atoms with Gasteiger partial charge in [-0.05, 0) is 0 Å². The molecule has 2 unspecified atom stereocenters. The Morgan fingerprint density at radius 1 is 1.27 bits per heavy atom. The first-order chi connectivity index (χ1) is 3.71. The minimum Gasteiger partial charge on any atom is -0.766 e. The zero-order valence-electron chi connectivity index (χ0n) is 5.96. The van der Waals surface area contributed by atoms with Gasteiger partial charge in [-0.1, -0.05) is 0 Å². The fourth-order valence-corrected chi connectivity index (χ4v) is 1.29. The quantitative estimate of drug-likeness (QED) is 0.402. The van der Waals surface area contributed by atoms with E-state index in [1.807, 2.05) is 0 Å². The summed E-state index contributed by atoms with van der Waals surface area (Å²) in [5.74, 6) is 0. The van der Waals surface area contributed by atoms with E-state index in [9.17, 15) is 18.9 Å². The van der Waals surface area contributed by atoms with E-state index in [2.05, 4.69) is 9.81 Å². The molecule has 11 heavy (non-hydrogen) atoms. The summed E-state index contributed by atoms with van der Waals surface area (Å²) in [5, 5.41) is 0. The molecule has 0 aromatic rings. The second kappa shape index (κ2) is 4.94. The van der Waals surface area contributed by atoms with Crippen LogP contribution in [0.3, 0.4) is 0 Å². The lowest BCUT2D eigenvalue weighted by Crippen LogP contribution is -2.14. The molecule has 0 aliphatic heterocycles. The van der Waals surface area contributed by atoms with Gasteiger partial charge in [0.1, 0.15) is 0 Å². The highest BCUT2D eigenvalue weighted by atomic mass is 31.3. The molecule has 0 aliphatic carbocycles. The van der Waals surface area contributed by atoms with Gasteiger partial charge in [-0.3, -0.25) is 18.9 Å². The Balaban J connectivity index is -0.000000320. The van der Waals surface area contributed by atoms with Crippen LogP contribution in [0, 0.1) is 0 Å². The van der Waals surface area contributed by atoms with Crippen molar-refractivity contribution in [2.75, 3.05) is 0 Å². The third-order valence-corrected chi connectivity index (χ3v) is 1.95. The Kier molecular flexibility index (Phi) is 7.77. The van der Waals surface area contributed by atoms with E-state index in [0.29, 0.717) is 0 Å². The average Bonchev–Trinajstić information content (AvgIpc) is 1.14. The van der Waals surface area contributed by atoms with E-state index in [4.69, 9.17) is 4.89 Å². The van der Waals surface area contributed by atoms with Gasteiger partial charge in [-0.25, -0.2) is 0 Å². The SMILES string of the molecule is NP(=O)([O-])OP(=O)([O-])O.[NH4+].[NH4+]. The van der Waals surface area contributed by atoms with E-state index < -0.39 is 15.6 Å². The predicted molar refractivity (Wildman–Crippen MR) is 34.7 cm³/mol. The largest absolute Gasteiger partial charge is 0.766 e. The number of quaternary nitrogens is 2. The lowest BCUT2D eigenvalue weighted by Gasteiger charge is -2.23. The molecule has 0 heterocycles. The van der Waals surface area contributed by atoms with Gasteiger partial charge in [0.2, 0.25) is 7.75 Å². The maximum absolute atomic E-state index is 9.70. The maximum atomic E-state index is 9.70. The molecule has 0 aliphatic rings. The van der Waals surface area contributed by atoms with Crippen LogP contribution >= 0.6 is 15.6 Å². The Morgan fingerprint density at radius 3 is 1.55 bits per heavy atom. The second-order valence-electron chi connectivity index (χ2n) is 1.09.